The lowest BCUT2D eigenvalue weighted by molar-refractivity contribution is -0.141. The molecular weight excluding hydrogens is 351 g/mol. The number of hydrogen-bond donors (Lipinski definition) is 2. The fourth-order valence-corrected chi connectivity index (χ4v) is 2.32. The molecule has 0 saturated carbocycles. The smallest absolute Gasteiger partial charge is 0.435 e. The Bertz CT molecular complexity index is 787. The molecule has 1 aromatic carbocycles. The number of nitrogens with zero attached hydrogens (tertiary/aromatic N) is 2. The van der Waals surface area contributed by atoms with E-state index in [1.165, 1.54) is 24.3 Å². The summed E-state index contributed by atoms with van der Waals surface area (Å²) in [6.45, 7) is 1.91. The zero-order chi connectivity index (χ0) is 19.3. The van der Waals surface area contributed by atoms with E-state index in [2.05, 4.69) is 10.4 Å². The first kappa shape index (κ1) is 19.5. The summed E-state index contributed by atoms with van der Waals surface area (Å²) in [5.74, 6) is -1.75. The standard InChI is InChI=1S/C17H18F3N3O3/c1-2-3-7-13(16(25)26)21-15(24)11-5-4-6-12(10-11)23-9-8-14(22-23)17(18,19)20/h4-6,8-10,13H,2-3,7H2,1H3,(H,21,24)(H,25,26). The van der Waals surface area contributed by atoms with Crippen LogP contribution >= 0.6 is 0 Å². The summed E-state index contributed by atoms with van der Waals surface area (Å²) in [6, 6.07) is 5.59. The molecule has 0 aliphatic carbocycles. The Morgan fingerprint density at radius 2 is 2.04 bits per heavy atom. The quantitative estimate of drug-likeness (QED) is 0.785. The number of halogens is 3. The minimum absolute atomic E-state index is 0.134. The number of carboxylic acids is 1. The fraction of sp³-hybridized carbons (Fsp3) is 0.353. The number of aliphatic carboxylic acids is 1. The number of carboxylic acid groups (broad SMARTS) is 1. The molecule has 0 fully saturated rings. The summed E-state index contributed by atoms with van der Waals surface area (Å²) < 4.78 is 39.0. The number of benzene rings is 1. The molecule has 1 unspecified atom stereocenters. The molecule has 0 bridgehead atoms. The number of nitrogens with one attached hydrogen (secondary N) is 1. The Kier molecular flexibility index (Phi) is 6.01. The molecule has 26 heavy (non-hydrogen) atoms. The van der Waals surface area contributed by atoms with Crippen LogP contribution in [0.15, 0.2) is 36.5 Å². The Morgan fingerprint density at radius 1 is 1.31 bits per heavy atom. The number of aromatic nitrogens is 2. The van der Waals surface area contributed by atoms with Gasteiger partial charge in [-0.3, -0.25) is 4.79 Å². The van der Waals surface area contributed by atoms with Gasteiger partial charge in [0.05, 0.1) is 5.69 Å². The van der Waals surface area contributed by atoms with Crippen LogP contribution in [-0.4, -0.2) is 32.8 Å². The summed E-state index contributed by atoms with van der Waals surface area (Å²) in [6.07, 6.45) is -1.69. The summed E-state index contributed by atoms with van der Waals surface area (Å²) in [7, 11) is 0. The van der Waals surface area contributed by atoms with Gasteiger partial charge >= 0.3 is 12.1 Å². The van der Waals surface area contributed by atoms with E-state index in [4.69, 9.17) is 0 Å². The molecule has 2 N–H and O–H groups in total. The summed E-state index contributed by atoms with van der Waals surface area (Å²) in [4.78, 5) is 23.5. The zero-order valence-corrected chi connectivity index (χ0v) is 14.0. The highest BCUT2D eigenvalue weighted by Gasteiger charge is 2.33. The predicted octanol–water partition coefficient (Wildman–Crippen LogP) is 3.26. The average Bonchev–Trinajstić information content (AvgIpc) is 3.08. The third-order valence-electron chi connectivity index (χ3n) is 3.70. The largest absolute Gasteiger partial charge is 0.480 e. The van der Waals surface area contributed by atoms with Gasteiger partial charge in [0.2, 0.25) is 0 Å². The summed E-state index contributed by atoms with van der Waals surface area (Å²) in [5.41, 5.74) is -0.652. The molecule has 1 atom stereocenters. The Labute approximate surface area is 147 Å². The molecule has 1 amide bonds. The normalized spacial score (nSPS) is 12.6. The van der Waals surface area contributed by atoms with Crippen molar-refractivity contribution in [3.63, 3.8) is 0 Å². The van der Waals surface area contributed by atoms with Crippen molar-refractivity contribution in [2.24, 2.45) is 0 Å². The Balaban J connectivity index is 2.19. The van der Waals surface area contributed by atoms with Gasteiger partial charge in [0, 0.05) is 11.8 Å². The van der Waals surface area contributed by atoms with E-state index in [0.717, 1.165) is 23.4 Å². The van der Waals surface area contributed by atoms with Gasteiger partial charge in [-0.25, -0.2) is 9.48 Å². The van der Waals surface area contributed by atoms with Crippen molar-refractivity contribution in [1.29, 1.82) is 0 Å². The van der Waals surface area contributed by atoms with Crippen molar-refractivity contribution in [3.8, 4) is 5.69 Å². The first-order valence-corrected chi connectivity index (χ1v) is 7.99. The van der Waals surface area contributed by atoms with E-state index in [0.29, 0.717) is 12.8 Å². The van der Waals surface area contributed by atoms with Crippen LogP contribution in [0.3, 0.4) is 0 Å². The Morgan fingerprint density at radius 3 is 2.62 bits per heavy atom. The van der Waals surface area contributed by atoms with Gasteiger partial charge in [-0.15, -0.1) is 0 Å². The maximum absolute atomic E-state index is 12.6. The molecule has 0 aliphatic rings. The van der Waals surface area contributed by atoms with Crippen LogP contribution in [0.25, 0.3) is 5.69 Å². The van der Waals surface area contributed by atoms with E-state index in [1.807, 2.05) is 6.92 Å². The first-order valence-electron chi connectivity index (χ1n) is 7.99. The molecule has 6 nitrogen and oxygen atoms in total. The second kappa shape index (κ2) is 8.03. The van der Waals surface area contributed by atoms with Gasteiger partial charge in [0.15, 0.2) is 5.69 Å². The highest BCUT2D eigenvalue weighted by Crippen LogP contribution is 2.27. The predicted molar refractivity (Wildman–Crippen MR) is 87.0 cm³/mol. The fourth-order valence-electron chi connectivity index (χ4n) is 2.32. The first-order chi connectivity index (χ1) is 12.2. The van der Waals surface area contributed by atoms with E-state index in [1.54, 1.807) is 0 Å². The van der Waals surface area contributed by atoms with Gasteiger partial charge in [-0.05, 0) is 30.7 Å². The lowest BCUT2D eigenvalue weighted by Crippen LogP contribution is -2.40. The lowest BCUT2D eigenvalue weighted by Gasteiger charge is -2.14. The van der Waals surface area contributed by atoms with Crippen LogP contribution < -0.4 is 5.32 Å². The van der Waals surface area contributed by atoms with E-state index < -0.39 is 29.8 Å². The second-order valence-electron chi connectivity index (χ2n) is 5.70. The van der Waals surface area contributed by atoms with Gasteiger partial charge < -0.3 is 10.4 Å². The third kappa shape index (κ3) is 4.84. The van der Waals surface area contributed by atoms with Crippen molar-refractivity contribution in [2.45, 2.75) is 38.4 Å². The molecule has 2 aromatic rings. The van der Waals surface area contributed by atoms with E-state index in [-0.39, 0.29) is 11.3 Å². The lowest BCUT2D eigenvalue weighted by atomic mass is 10.1. The van der Waals surface area contributed by atoms with E-state index in [9.17, 15) is 27.9 Å². The van der Waals surface area contributed by atoms with Crippen LogP contribution in [0.2, 0.25) is 0 Å². The Hall–Kier alpha value is -2.84. The number of carbonyl (C=O) groups is 2. The minimum Gasteiger partial charge on any atom is -0.480 e. The van der Waals surface area contributed by atoms with Crippen LogP contribution in [0, 0.1) is 0 Å². The molecule has 1 heterocycles. The van der Waals surface area contributed by atoms with E-state index >= 15 is 0 Å². The zero-order valence-electron chi connectivity index (χ0n) is 14.0. The van der Waals surface area contributed by atoms with Gasteiger partial charge in [-0.1, -0.05) is 25.8 Å². The molecule has 0 aliphatic heterocycles. The second-order valence-corrected chi connectivity index (χ2v) is 5.70. The van der Waals surface area contributed by atoms with Crippen molar-refractivity contribution < 1.29 is 27.9 Å². The molecule has 1 aromatic heterocycles. The minimum atomic E-state index is -4.56. The van der Waals surface area contributed by atoms with Crippen molar-refractivity contribution in [1.82, 2.24) is 15.1 Å². The third-order valence-corrected chi connectivity index (χ3v) is 3.70. The summed E-state index contributed by atoms with van der Waals surface area (Å²) >= 11 is 0. The molecular formula is C17H18F3N3O3. The van der Waals surface area contributed by atoms with Crippen molar-refractivity contribution >= 4 is 11.9 Å². The van der Waals surface area contributed by atoms with Gasteiger partial charge in [-0.2, -0.15) is 18.3 Å². The topological polar surface area (TPSA) is 84.2 Å². The number of hydrogen-bond acceptors (Lipinski definition) is 3. The molecule has 0 spiro atoms. The van der Waals surface area contributed by atoms with Crippen LogP contribution in [0.5, 0.6) is 0 Å². The van der Waals surface area contributed by atoms with Gasteiger partial charge in [0.1, 0.15) is 6.04 Å². The number of carbonyl (C=O) groups excluding carboxylic acids is 1. The van der Waals surface area contributed by atoms with Crippen LogP contribution in [0.4, 0.5) is 13.2 Å². The monoisotopic (exact) mass is 369 g/mol. The number of rotatable bonds is 7. The molecule has 9 heteroatoms. The maximum Gasteiger partial charge on any atom is 0.435 e. The number of alkyl halides is 3. The molecule has 140 valence electrons. The summed E-state index contributed by atoms with van der Waals surface area (Å²) in [5, 5.41) is 15.0. The van der Waals surface area contributed by atoms with Crippen LogP contribution in [-0.2, 0) is 11.0 Å². The maximum atomic E-state index is 12.6. The SMILES string of the molecule is CCCCC(NC(=O)c1cccc(-n2ccc(C(F)(F)F)n2)c1)C(=O)O. The highest BCUT2D eigenvalue weighted by atomic mass is 19.4. The van der Waals surface area contributed by atoms with Crippen molar-refractivity contribution in [2.75, 3.05) is 0 Å². The number of unbranched alkanes of at least 4 members (excludes halogenated alkanes) is 1. The van der Waals surface area contributed by atoms with Crippen molar-refractivity contribution in [3.05, 3.63) is 47.8 Å². The number of amides is 1. The van der Waals surface area contributed by atoms with Gasteiger partial charge in [0.25, 0.3) is 5.91 Å². The average molecular weight is 369 g/mol. The highest BCUT2D eigenvalue weighted by molar-refractivity contribution is 5.97. The molecule has 2 rings (SSSR count). The molecule has 0 saturated heterocycles. The van der Waals surface area contributed by atoms with Crippen LogP contribution in [0.1, 0.15) is 42.2 Å². The molecule has 0 radical (unpaired) electrons.